The predicted molar refractivity (Wildman–Crippen MR) is 67.6 cm³/mol. The molecule has 18 heavy (non-hydrogen) atoms. The number of H-pyrrole nitrogens is 1. The van der Waals surface area contributed by atoms with Crippen LogP contribution < -0.4 is 4.72 Å². The first kappa shape index (κ1) is 15.1. The SMILES string of the molecule is Cc1[nH]nc(S(=O)(=O)NCC(C)N(C)C)c1CO. The molecule has 0 aromatic carbocycles. The molecule has 1 aromatic rings. The number of aliphatic hydroxyl groups is 1. The topological polar surface area (TPSA) is 98.3 Å². The zero-order chi connectivity index (χ0) is 13.9. The van der Waals surface area contributed by atoms with Crippen LogP contribution in [0.3, 0.4) is 0 Å². The Morgan fingerprint density at radius 2 is 2.11 bits per heavy atom. The predicted octanol–water partition coefficient (Wildman–Crippen LogP) is -0.561. The van der Waals surface area contributed by atoms with Crippen LogP contribution in [0, 0.1) is 6.92 Å². The highest BCUT2D eigenvalue weighted by molar-refractivity contribution is 7.89. The third-order valence-corrected chi connectivity index (χ3v) is 4.29. The van der Waals surface area contributed by atoms with Gasteiger partial charge >= 0.3 is 0 Å². The van der Waals surface area contributed by atoms with Gasteiger partial charge in [-0.3, -0.25) is 5.10 Å². The maximum absolute atomic E-state index is 12.0. The molecule has 0 amide bonds. The molecular formula is C10H20N4O3S. The number of nitrogens with one attached hydrogen (secondary N) is 2. The Labute approximate surface area is 107 Å². The minimum absolute atomic E-state index is 0.0670. The molecule has 8 heteroatoms. The molecule has 7 nitrogen and oxygen atoms in total. The van der Waals surface area contributed by atoms with Crippen LogP contribution in [0.4, 0.5) is 0 Å². The molecule has 1 unspecified atom stereocenters. The zero-order valence-electron chi connectivity index (χ0n) is 11.1. The van der Waals surface area contributed by atoms with E-state index in [2.05, 4.69) is 14.9 Å². The molecule has 0 bridgehead atoms. The van der Waals surface area contributed by atoms with E-state index in [1.807, 2.05) is 25.9 Å². The summed E-state index contributed by atoms with van der Waals surface area (Å²) in [4.78, 5) is 1.91. The van der Waals surface area contributed by atoms with Crippen molar-refractivity contribution < 1.29 is 13.5 Å². The van der Waals surface area contributed by atoms with E-state index in [1.54, 1.807) is 6.92 Å². The number of hydrogen-bond donors (Lipinski definition) is 3. The van der Waals surface area contributed by atoms with Gasteiger partial charge in [0.15, 0.2) is 5.03 Å². The van der Waals surface area contributed by atoms with Crippen LogP contribution in [0.5, 0.6) is 0 Å². The van der Waals surface area contributed by atoms with Gasteiger partial charge in [-0.15, -0.1) is 0 Å². The maximum atomic E-state index is 12.0. The van der Waals surface area contributed by atoms with Crippen molar-refractivity contribution in [2.45, 2.75) is 31.5 Å². The minimum atomic E-state index is -3.69. The van der Waals surface area contributed by atoms with Gasteiger partial charge < -0.3 is 10.0 Å². The van der Waals surface area contributed by atoms with Gasteiger partial charge in [-0.2, -0.15) is 5.10 Å². The largest absolute Gasteiger partial charge is 0.392 e. The van der Waals surface area contributed by atoms with E-state index >= 15 is 0 Å². The Hall–Kier alpha value is -0.960. The van der Waals surface area contributed by atoms with Gasteiger partial charge in [0.2, 0.25) is 0 Å². The van der Waals surface area contributed by atoms with E-state index < -0.39 is 10.0 Å². The molecule has 1 rings (SSSR count). The smallest absolute Gasteiger partial charge is 0.260 e. The summed E-state index contributed by atoms with van der Waals surface area (Å²) in [5.41, 5.74) is 0.860. The summed E-state index contributed by atoms with van der Waals surface area (Å²) in [7, 11) is 0.0539. The van der Waals surface area contributed by atoms with E-state index in [0.29, 0.717) is 11.3 Å². The summed E-state index contributed by atoms with van der Waals surface area (Å²) >= 11 is 0. The molecule has 0 saturated carbocycles. The van der Waals surface area contributed by atoms with Gasteiger partial charge in [-0.25, -0.2) is 13.1 Å². The molecule has 1 aromatic heterocycles. The van der Waals surface area contributed by atoms with Gasteiger partial charge in [0.1, 0.15) is 0 Å². The van der Waals surface area contributed by atoms with Crippen LogP contribution in [0.15, 0.2) is 5.03 Å². The number of hydrogen-bond acceptors (Lipinski definition) is 5. The molecule has 1 atom stereocenters. The first-order valence-corrected chi connectivity index (χ1v) is 7.08. The minimum Gasteiger partial charge on any atom is -0.392 e. The number of aromatic amines is 1. The average molecular weight is 276 g/mol. The van der Waals surface area contributed by atoms with Crippen LogP contribution in [0.2, 0.25) is 0 Å². The van der Waals surface area contributed by atoms with Crippen LogP contribution in [-0.4, -0.2) is 55.3 Å². The molecule has 0 saturated heterocycles. The fourth-order valence-corrected chi connectivity index (χ4v) is 2.62. The van der Waals surface area contributed by atoms with Crippen molar-refractivity contribution in [3.63, 3.8) is 0 Å². The summed E-state index contributed by atoms with van der Waals surface area (Å²) < 4.78 is 26.5. The fourth-order valence-electron chi connectivity index (χ4n) is 1.32. The first-order chi connectivity index (χ1) is 8.29. The molecular weight excluding hydrogens is 256 g/mol. The van der Waals surface area contributed by atoms with E-state index in [-0.39, 0.29) is 24.2 Å². The van der Waals surface area contributed by atoms with Crippen LogP contribution in [0.1, 0.15) is 18.2 Å². The van der Waals surface area contributed by atoms with Crippen molar-refractivity contribution in [3.8, 4) is 0 Å². The standard InChI is InChI=1S/C10H20N4O3S/c1-7(14(3)4)5-11-18(16,17)10-9(6-15)8(2)12-13-10/h7,11,15H,5-6H2,1-4H3,(H,12,13). The number of likely N-dealkylation sites (N-methyl/N-ethyl adjacent to an activating group) is 1. The second-order valence-electron chi connectivity index (χ2n) is 4.45. The Morgan fingerprint density at radius 1 is 1.50 bits per heavy atom. The normalized spacial score (nSPS) is 14.1. The monoisotopic (exact) mass is 276 g/mol. The highest BCUT2D eigenvalue weighted by Crippen LogP contribution is 2.15. The highest BCUT2D eigenvalue weighted by atomic mass is 32.2. The molecule has 0 fully saturated rings. The number of aromatic nitrogens is 2. The average Bonchev–Trinajstić information content (AvgIpc) is 2.67. The van der Waals surface area contributed by atoms with Gasteiger partial charge in [-0.05, 0) is 27.9 Å². The number of aryl methyl sites for hydroxylation is 1. The van der Waals surface area contributed by atoms with Crippen molar-refractivity contribution in [3.05, 3.63) is 11.3 Å². The Balaban J connectivity index is 2.87. The van der Waals surface area contributed by atoms with E-state index in [0.717, 1.165) is 0 Å². The highest BCUT2D eigenvalue weighted by Gasteiger charge is 2.23. The fraction of sp³-hybridized carbons (Fsp3) is 0.700. The summed E-state index contributed by atoms with van der Waals surface area (Å²) in [6.07, 6.45) is 0. The Bertz CT molecular complexity index is 495. The molecule has 104 valence electrons. The first-order valence-electron chi connectivity index (χ1n) is 5.60. The zero-order valence-corrected chi connectivity index (χ0v) is 11.9. The number of rotatable bonds is 6. The van der Waals surface area contributed by atoms with Gasteiger partial charge in [0, 0.05) is 23.8 Å². The lowest BCUT2D eigenvalue weighted by Gasteiger charge is -2.19. The molecule has 3 N–H and O–H groups in total. The lowest BCUT2D eigenvalue weighted by molar-refractivity contribution is 0.277. The maximum Gasteiger partial charge on any atom is 0.260 e. The summed E-state index contributed by atoms with van der Waals surface area (Å²) in [5.74, 6) is 0. The van der Waals surface area contributed by atoms with Crippen molar-refractivity contribution in [2.24, 2.45) is 0 Å². The third-order valence-electron chi connectivity index (χ3n) is 2.90. The summed E-state index contributed by atoms with van der Waals surface area (Å²) in [6.45, 7) is 3.50. The second kappa shape index (κ2) is 5.79. The van der Waals surface area contributed by atoms with Gasteiger partial charge in [0.25, 0.3) is 10.0 Å². The Kier molecular flexibility index (Phi) is 4.85. The second-order valence-corrected chi connectivity index (χ2v) is 6.14. The van der Waals surface area contributed by atoms with Crippen LogP contribution in [-0.2, 0) is 16.6 Å². The number of nitrogens with zero attached hydrogens (tertiary/aromatic N) is 2. The van der Waals surface area contributed by atoms with Crippen molar-refractivity contribution in [1.29, 1.82) is 0 Å². The van der Waals surface area contributed by atoms with Crippen molar-refractivity contribution in [2.75, 3.05) is 20.6 Å². The molecule has 1 heterocycles. The van der Waals surface area contributed by atoms with E-state index in [9.17, 15) is 8.42 Å². The van der Waals surface area contributed by atoms with E-state index in [4.69, 9.17) is 5.11 Å². The summed E-state index contributed by atoms with van der Waals surface area (Å²) in [6, 6.07) is 0.0670. The van der Waals surface area contributed by atoms with Crippen LogP contribution >= 0.6 is 0 Å². The molecule has 0 spiro atoms. The summed E-state index contributed by atoms with van der Waals surface area (Å²) in [5, 5.41) is 15.3. The third kappa shape index (κ3) is 3.29. The van der Waals surface area contributed by atoms with Crippen molar-refractivity contribution >= 4 is 10.0 Å². The lowest BCUT2D eigenvalue weighted by atomic mass is 10.3. The van der Waals surface area contributed by atoms with Gasteiger partial charge in [0.05, 0.1) is 6.61 Å². The molecule has 0 aliphatic heterocycles. The quantitative estimate of drug-likeness (QED) is 0.647. The van der Waals surface area contributed by atoms with E-state index in [1.165, 1.54) is 0 Å². The Morgan fingerprint density at radius 3 is 2.61 bits per heavy atom. The van der Waals surface area contributed by atoms with Crippen molar-refractivity contribution in [1.82, 2.24) is 19.8 Å². The number of aliphatic hydroxyl groups excluding tert-OH is 1. The molecule has 0 aliphatic rings. The number of sulfonamides is 1. The molecule has 0 radical (unpaired) electrons. The molecule has 0 aliphatic carbocycles. The lowest BCUT2D eigenvalue weighted by Crippen LogP contribution is -2.38. The van der Waals surface area contributed by atoms with Crippen LogP contribution in [0.25, 0.3) is 0 Å². The van der Waals surface area contributed by atoms with Gasteiger partial charge in [-0.1, -0.05) is 0 Å².